The van der Waals surface area contributed by atoms with Crippen LogP contribution in [0, 0.1) is 5.82 Å². The molecule has 1 aliphatic rings. The number of fused-ring (bicyclic) bond motifs is 1. The number of carbonyl (C=O) groups excluding carboxylic acids is 2. The van der Waals surface area contributed by atoms with Gasteiger partial charge < -0.3 is 5.32 Å². The lowest BCUT2D eigenvalue weighted by Gasteiger charge is -2.07. The Morgan fingerprint density at radius 1 is 1.00 bits per heavy atom. The van der Waals surface area contributed by atoms with Gasteiger partial charge in [0, 0.05) is 12.2 Å². The summed E-state index contributed by atoms with van der Waals surface area (Å²) in [4.78, 5) is 22.9. The molecule has 3 rings (SSSR count). The molecule has 2 amide bonds. The molecule has 0 aliphatic carbocycles. The maximum absolute atomic E-state index is 13.0. The van der Waals surface area contributed by atoms with Crippen LogP contribution in [0.3, 0.4) is 0 Å². The Morgan fingerprint density at radius 2 is 1.80 bits per heavy atom. The quantitative estimate of drug-likeness (QED) is 0.841. The van der Waals surface area contributed by atoms with Crippen LogP contribution in [0.2, 0.25) is 0 Å². The fraction of sp³-hybridized carbons (Fsp3) is 0.0667. The third-order valence-electron chi connectivity index (χ3n) is 3.12. The minimum Gasteiger partial charge on any atom is -0.381 e. The van der Waals surface area contributed by atoms with Gasteiger partial charge in [0.15, 0.2) is 0 Å². The van der Waals surface area contributed by atoms with Crippen LogP contribution in [0.5, 0.6) is 0 Å². The van der Waals surface area contributed by atoms with Crippen molar-refractivity contribution in [2.45, 2.75) is 6.54 Å². The highest BCUT2D eigenvalue weighted by atomic mass is 19.1. The van der Waals surface area contributed by atoms with Gasteiger partial charge in [0.2, 0.25) is 0 Å². The van der Waals surface area contributed by atoms with Crippen molar-refractivity contribution >= 4 is 17.5 Å². The van der Waals surface area contributed by atoms with Gasteiger partial charge in [0.1, 0.15) is 5.82 Å². The first-order chi connectivity index (χ1) is 9.63. The lowest BCUT2D eigenvalue weighted by Crippen LogP contribution is -2.19. The fourth-order valence-corrected chi connectivity index (χ4v) is 2.13. The molecule has 0 unspecified atom stereocenters. The Labute approximate surface area is 114 Å². The molecule has 1 aliphatic heterocycles. The number of carbonyl (C=O) groups is 2. The summed E-state index contributed by atoms with van der Waals surface area (Å²) in [6.07, 6.45) is 0. The summed E-state index contributed by atoms with van der Waals surface area (Å²) in [5, 5.41) is 5.33. The second kappa shape index (κ2) is 4.77. The molecule has 100 valence electrons. The predicted molar refractivity (Wildman–Crippen MR) is 72.0 cm³/mol. The van der Waals surface area contributed by atoms with Crippen LogP contribution in [0.1, 0.15) is 26.3 Å². The van der Waals surface area contributed by atoms with Gasteiger partial charge in [-0.15, -0.1) is 0 Å². The van der Waals surface area contributed by atoms with E-state index in [0.29, 0.717) is 23.4 Å². The lowest BCUT2D eigenvalue weighted by molar-refractivity contribution is 0.0879. The summed E-state index contributed by atoms with van der Waals surface area (Å²) in [5.41, 5.74) is 2.24. The van der Waals surface area contributed by atoms with E-state index in [1.54, 1.807) is 30.3 Å². The Bertz CT molecular complexity index is 713. The molecule has 1 heterocycles. The molecule has 2 aromatic carbocycles. The number of amides is 2. The zero-order chi connectivity index (χ0) is 14.1. The maximum atomic E-state index is 13.0. The zero-order valence-electron chi connectivity index (χ0n) is 10.4. The van der Waals surface area contributed by atoms with Crippen LogP contribution < -0.4 is 10.6 Å². The molecule has 0 radical (unpaired) electrons. The van der Waals surface area contributed by atoms with E-state index in [4.69, 9.17) is 0 Å². The van der Waals surface area contributed by atoms with Gasteiger partial charge in [-0.1, -0.05) is 12.1 Å². The SMILES string of the molecule is O=C1NC(=O)c2cc(NCc3cccc(F)c3)ccc21. The predicted octanol–water partition coefficient (Wildman–Crippen LogP) is 2.32. The van der Waals surface area contributed by atoms with E-state index in [-0.39, 0.29) is 17.6 Å². The van der Waals surface area contributed by atoms with Crippen LogP contribution in [0.25, 0.3) is 0 Å². The Hall–Kier alpha value is -2.69. The van der Waals surface area contributed by atoms with Crippen LogP contribution in [-0.4, -0.2) is 11.8 Å². The van der Waals surface area contributed by atoms with Crippen molar-refractivity contribution in [1.82, 2.24) is 5.32 Å². The molecule has 20 heavy (non-hydrogen) atoms. The summed E-state index contributed by atoms with van der Waals surface area (Å²) in [7, 11) is 0. The number of halogens is 1. The van der Waals surface area contributed by atoms with Gasteiger partial charge in [0.05, 0.1) is 11.1 Å². The van der Waals surface area contributed by atoms with Crippen LogP contribution in [0.15, 0.2) is 42.5 Å². The van der Waals surface area contributed by atoms with E-state index in [0.717, 1.165) is 5.56 Å². The van der Waals surface area contributed by atoms with Crippen molar-refractivity contribution in [3.63, 3.8) is 0 Å². The van der Waals surface area contributed by atoms with Crippen LogP contribution >= 0.6 is 0 Å². The fourth-order valence-electron chi connectivity index (χ4n) is 2.13. The van der Waals surface area contributed by atoms with E-state index in [1.807, 2.05) is 0 Å². The largest absolute Gasteiger partial charge is 0.381 e. The Morgan fingerprint density at radius 3 is 2.60 bits per heavy atom. The molecule has 0 fully saturated rings. The summed E-state index contributed by atoms with van der Waals surface area (Å²) in [5.74, 6) is -1.05. The molecule has 2 aromatic rings. The maximum Gasteiger partial charge on any atom is 0.259 e. The van der Waals surface area contributed by atoms with Crippen molar-refractivity contribution in [3.8, 4) is 0 Å². The molecule has 2 N–H and O–H groups in total. The zero-order valence-corrected chi connectivity index (χ0v) is 10.4. The molecular weight excluding hydrogens is 259 g/mol. The lowest BCUT2D eigenvalue weighted by atomic mass is 10.1. The first-order valence-corrected chi connectivity index (χ1v) is 6.11. The summed E-state index contributed by atoms with van der Waals surface area (Å²) in [6.45, 7) is 0.437. The number of hydrogen-bond donors (Lipinski definition) is 2. The molecule has 0 saturated heterocycles. The van der Waals surface area contributed by atoms with Crippen molar-refractivity contribution in [2.24, 2.45) is 0 Å². The van der Waals surface area contributed by atoms with Gasteiger partial charge in [-0.3, -0.25) is 14.9 Å². The highest BCUT2D eigenvalue weighted by Crippen LogP contribution is 2.20. The first kappa shape index (κ1) is 12.3. The smallest absolute Gasteiger partial charge is 0.259 e. The summed E-state index contributed by atoms with van der Waals surface area (Å²) in [6, 6.07) is 11.2. The van der Waals surface area contributed by atoms with E-state index >= 15 is 0 Å². The Kier molecular flexibility index (Phi) is 2.95. The first-order valence-electron chi connectivity index (χ1n) is 6.11. The van der Waals surface area contributed by atoms with Crippen LogP contribution in [0.4, 0.5) is 10.1 Å². The third kappa shape index (κ3) is 2.25. The summed E-state index contributed by atoms with van der Waals surface area (Å²) >= 11 is 0. The van der Waals surface area contributed by atoms with E-state index in [9.17, 15) is 14.0 Å². The highest BCUT2D eigenvalue weighted by Gasteiger charge is 2.26. The number of benzene rings is 2. The number of anilines is 1. The minimum absolute atomic E-state index is 0.289. The standard InChI is InChI=1S/C15H11FN2O2/c16-10-3-1-2-9(6-10)8-17-11-4-5-12-13(7-11)15(20)18-14(12)19/h1-7,17H,8H2,(H,18,19,20). The number of nitrogens with one attached hydrogen (secondary N) is 2. The van der Waals surface area contributed by atoms with E-state index < -0.39 is 0 Å². The van der Waals surface area contributed by atoms with Crippen molar-refractivity contribution in [1.29, 1.82) is 0 Å². The third-order valence-corrected chi connectivity index (χ3v) is 3.12. The normalized spacial score (nSPS) is 13.1. The van der Waals surface area contributed by atoms with Gasteiger partial charge in [-0.2, -0.15) is 0 Å². The van der Waals surface area contributed by atoms with Gasteiger partial charge in [-0.25, -0.2) is 4.39 Å². The molecule has 0 saturated carbocycles. The number of hydrogen-bond acceptors (Lipinski definition) is 3. The highest BCUT2D eigenvalue weighted by molar-refractivity contribution is 6.21. The van der Waals surface area contributed by atoms with Crippen molar-refractivity contribution in [2.75, 3.05) is 5.32 Å². The van der Waals surface area contributed by atoms with E-state index in [1.165, 1.54) is 12.1 Å². The molecule has 0 spiro atoms. The second-order valence-corrected chi connectivity index (χ2v) is 4.53. The average molecular weight is 270 g/mol. The molecular formula is C15H11FN2O2. The molecule has 5 heteroatoms. The molecule has 0 atom stereocenters. The summed E-state index contributed by atoms with van der Waals surface area (Å²) < 4.78 is 13.0. The van der Waals surface area contributed by atoms with Crippen molar-refractivity contribution < 1.29 is 14.0 Å². The molecule has 4 nitrogen and oxygen atoms in total. The monoisotopic (exact) mass is 270 g/mol. The second-order valence-electron chi connectivity index (χ2n) is 4.53. The number of rotatable bonds is 3. The van der Waals surface area contributed by atoms with Gasteiger partial charge in [0.25, 0.3) is 11.8 Å². The van der Waals surface area contributed by atoms with Gasteiger partial charge in [-0.05, 0) is 35.9 Å². The van der Waals surface area contributed by atoms with Crippen molar-refractivity contribution in [3.05, 3.63) is 65.0 Å². The minimum atomic E-state index is -0.389. The molecule has 0 bridgehead atoms. The molecule has 0 aromatic heterocycles. The topological polar surface area (TPSA) is 58.2 Å². The average Bonchev–Trinajstić information content (AvgIpc) is 2.72. The van der Waals surface area contributed by atoms with Gasteiger partial charge >= 0.3 is 0 Å². The number of imide groups is 1. The Balaban J connectivity index is 1.78. The van der Waals surface area contributed by atoms with E-state index in [2.05, 4.69) is 10.6 Å². The van der Waals surface area contributed by atoms with Crippen LogP contribution in [-0.2, 0) is 6.54 Å².